The normalized spacial score (nSPS) is 11.9. The summed E-state index contributed by atoms with van der Waals surface area (Å²) in [7, 11) is 0. The highest BCUT2D eigenvalue weighted by atomic mass is 16.4. The van der Waals surface area contributed by atoms with Crippen LogP contribution in [0.25, 0.3) is 0 Å². The third kappa shape index (κ3) is 6.19. The minimum atomic E-state index is -1.15. The van der Waals surface area contributed by atoms with Gasteiger partial charge in [0, 0.05) is 0 Å². The molecule has 0 unspecified atom stereocenters. The molecule has 1 heterocycles. The van der Waals surface area contributed by atoms with Crippen molar-refractivity contribution in [1.29, 1.82) is 0 Å². The number of hydrogen-bond donors (Lipinski definition) is 4. The summed E-state index contributed by atoms with van der Waals surface area (Å²) in [5.74, 6) is -1.55. The zero-order valence-corrected chi connectivity index (χ0v) is 19.5. The third-order valence-corrected chi connectivity index (χ3v) is 5.23. The molecule has 0 spiro atoms. The van der Waals surface area contributed by atoms with E-state index in [0.29, 0.717) is 0 Å². The Hall–Kier alpha value is -4.20. The van der Waals surface area contributed by atoms with Crippen molar-refractivity contribution < 1.29 is 19.5 Å². The molecule has 176 valence electrons. The zero-order chi connectivity index (χ0) is 24.9. The molecule has 0 saturated heterocycles. The lowest BCUT2D eigenvalue weighted by molar-refractivity contribution is 0.0698. The van der Waals surface area contributed by atoms with Crippen LogP contribution >= 0.6 is 0 Å². The number of anilines is 2. The molecule has 0 saturated carbocycles. The number of hydrogen-bond acceptors (Lipinski definition) is 4. The van der Waals surface area contributed by atoms with Crippen LogP contribution in [0, 0.1) is 0 Å². The average molecular weight is 461 g/mol. The van der Waals surface area contributed by atoms with E-state index in [-0.39, 0.29) is 34.2 Å². The van der Waals surface area contributed by atoms with Gasteiger partial charge in [0.15, 0.2) is 0 Å². The summed E-state index contributed by atoms with van der Waals surface area (Å²) >= 11 is 0. The number of urea groups is 1. The predicted octanol–water partition coefficient (Wildman–Crippen LogP) is 5.21. The van der Waals surface area contributed by atoms with Crippen LogP contribution in [0.3, 0.4) is 0 Å². The predicted molar refractivity (Wildman–Crippen MR) is 131 cm³/mol. The Balaban J connectivity index is 1.74. The molecule has 34 heavy (non-hydrogen) atoms. The van der Waals surface area contributed by atoms with Crippen LogP contribution in [0.4, 0.5) is 16.3 Å². The lowest BCUT2D eigenvalue weighted by atomic mass is 9.86. The van der Waals surface area contributed by atoms with E-state index >= 15 is 0 Å². The fraction of sp³-hybridized carbons (Fsp3) is 0.231. The van der Waals surface area contributed by atoms with E-state index in [2.05, 4.69) is 20.9 Å². The van der Waals surface area contributed by atoms with Gasteiger partial charge in [-0.3, -0.25) is 10.1 Å². The highest BCUT2D eigenvalue weighted by Gasteiger charge is 2.20. The molecule has 0 radical (unpaired) electrons. The second kappa shape index (κ2) is 10.2. The van der Waals surface area contributed by atoms with E-state index in [0.717, 1.165) is 11.1 Å². The lowest BCUT2D eigenvalue weighted by Gasteiger charge is -2.21. The van der Waals surface area contributed by atoms with Crippen molar-refractivity contribution in [3.8, 4) is 0 Å². The number of aromatic carboxylic acids is 1. The van der Waals surface area contributed by atoms with E-state index in [4.69, 9.17) is 0 Å². The monoisotopic (exact) mass is 460 g/mol. The van der Waals surface area contributed by atoms with E-state index in [1.54, 1.807) is 24.3 Å². The summed E-state index contributed by atoms with van der Waals surface area (Å²) in [6.07, 6.45) is 0. The van der Waals surface area contributed by atoms with Crippen LogP contribution in [0.1, 0.15) is 65.7 Å². The molecular formula is C26H28N4O4. The maximum atomic E-state index is 12.9. The number of pyridine rings is 1. The number of carboxylic acid groups (broad SMARTS) is 1. The first-order chi connectivity index (χ1) is 16.0. The quantitative estimate of drug-likeness (QED) is 0.402. The van der Waals surface area contributed by atoms with Gasteiger partial charge in [-0.1, -0.05) is 63.2 Å². The van der Waals surface area contributed by atoms with Gasteiger partial charge in [0.05, 0.1) is 17.3 Å². The maximum Gasteiger partial charge on any atom is 0.337 e. The first-order valence-corrected chi connectivity index (χ1v) is 10.8. The number of nitrogens with one attached hydrogen (secondary N) is 3. The third-order valence-electron chi connectivity index (χ3n) is 5.23. The molecule has 0 aliphatic rings. The first kappa shape index (κ1) is 24.4. The zero-order valence-electron chi connectivity index (χ0n) is 19.5. The van der Waals surface area contributed by atoms with Crippen LogP contribution in [-0.4, -0.2) is 28.0 Å². The Morgan fingerprint density at radius 2 is 1.62 bits per heavy atom. The Labute approximate surface area is 198 Å². The van der Waals surface area contributed by atoms with Gasteiger partial charge in [-0.25, -0.2) is 14.6 Å². The van der Waals surface area contributed by atoms with E-state index < -0.39 is 17.9 Å². The van der Waals surface area contributed by atoms with Crippen LogP contribution in [0.15, 0.2) is 66.7 Å². The van der Waals surface area contributed by atoms with Crippen molar-refractivity contribution in [3.05, 3.63) is 89.1 Å². The minimum absolute atomic E-state index is 0.0232. The number of carboxylic acids is 1. The number of rotatable bonds is 6. The Morgan fingerprint density at radius 1 is 0.912 bits per heavy atom. The summed E-state index contributed by atoms with van der Waals surface area (Å²) < 4.78 is 0. The molecule has 0 aliphatic heterocycles. The number of aromatic nitrogens is 1. The number of benzene rings is 2. The molecule has 2 aromatic carbocycles. The molecule has 0 aliphatic carbocycles. The van der Waals surface area contributed by atoms with Crippen LogP contribution in [-0.2, 0) is 5.41 Å². The molecule has 8 heteroatoms. The van der Waals surface area contributed by atoms with Gasteiger partial charge in [-0.15, -0.1) is 0 Å². The first-order valence-electron chi connectivity index (χ1n) is 10.8. The molecule has 3 aromatic rings. The minimum Gasteiger partial charge on any atom is -0.478 e. The fourth-order valence-electron chi connectivity index (χ4n) is 3.29. The second-order valence-electron chi connectivity index (χ2n) is 8.91. The standard InChI is InChI=1S/C26H28N4O4/c1-16(17-9-6-5-7-10-17)27-25(34)30-22-12-8-11-20(28-22)23(31)29-21-15-18(26(2,3)4)13-14-19(21)24(32)33/h5-16H,1-4H3,(H,29,31)(H,32,33)(H2,27,28,30,34)/t16-/m1/s1. The molecule has 1 aromatic heterocycles. The number of carbonyl (C=O) groups is 3. The number of amides is 3. The summed E-state index contributed by atoms with van der Waals surface area (Å²) in [5.41, 5.74) is 1.78. The average Bonchev–Trinajstić information content (AvgIpc) is 2.79. The van der Waals surface area contributed by atoms with Gasteiger partial charge in [0.25, 0.3) is 5.91 Å². The SMILES string of the molecule is C[C@@H](NC(=O)Nc1cccc(C(=O)Nc2cc(C(C)(C)C)ccc2C(=O)O)n1)c1ccccc1. The molecule has 3 amide bonds. The van der Waals surface area contributed by atoms with Crippen molar-refractivity contribution in [2.75, 3.05) is 10.6 Å². The summed E-state index contributed by atoms with van der Waals surface area (Å²) in [4.78, 5) is 41.1. The molecule has 3 rings (SSSR count). The van der Waals surface area contributed by atoms with Gasteiger partial charge in [0.1, 0.15) is 11.5 Å². The topological polar surface area (TPSA) is 120 Å². The molecule has 0 fully saturated rings. The molecule has 4 N–H and O–H groups in total. The van der Waals surface area contributed by atoms with E-state index in [1.165, 1.54) is 12.1 Å². The Kier molecular flexibility index (Phi) is 7.31. The molecule has 8 nitrogen and oxygen atoms in total. The highest BCUT2D eigenvalue weighted by Crippen LogP contribution is 2.27. The van der Waals surface area contributed by atoms with Crippen molar-refractivity contribution in [1.82, 2.24) is 10.3 Å². The van der Waals surface area contributed by atoms with Crippen molar-refractivity contribution in [2.24, 2.45) is 0 Å². The summed E-state index contributed by atoms with van der Waals surface area (Å²) in [6, 6.07) is 18.3. The van der Waals surface area contributed by atoms with Gasteiger partial charge >= 0.3 is 12.0 Å². The molecule has 0 bridgehead atoms. The van der Waals surface area contributed by atoms with Crippen LogP contribution in [0.2, 0.25) is 0 Å². The van der Waals surface area contributed by atoms with Crippen molar-refractivity contribution in [2.45, 2.75) is 39.2 Å². The van der Waals surface area contributed by atoms with Crippen LogP contribution < -0.4 is 16.0 Å². The smallest absolute Gasteiger partial charge is 0.337 e. The summed E-state index contributed by atoms with van der Waals surface area (Å²) in [6.45, 7) is 7.84. The lowest BCUT2D eigenvalue weighted by Crippen LogP contribution is -2.31. The van der Waals surface area contributed by atoms with Crippen LogP contribution in [0.5, 0.6) is 0 Å². The van der Waals surface area contributed by atoms with Gasteiger partial charge in [0.2, 0.25) is 0 Å². The molecule has 1 atom stereocenters. The second-order valence-corrected chi connectivity index (χ2v) is 8.91. The van der Waals surface area contributed by atoms with Gasteiger partial charge in [-0.2, -0.15) is 0 Å². The highest BCUT2D eigenvalue weighted by molar-refractivity contribution is 6.07. The maximum absolute atomic E-state index is 12.9. The van der Waals surface area contributed by atoms with Gasteiger partial charge in [-0.05, 0) is 47.7 Å². The van der Waals surface area contributed by atoms with E-state index in [9.17, 15) is 19.5 Å². The largest absolute Gasteiger partial charge is 0.478 e. The fourth-order valence-corrected chi connectivity index (χ4v) is 3.29. The number of carbonyl (C=O) groups excluding carboxylic acids is 2. The Bertz CT molecular complexity index is 1200. The molecular weight excluding hydrogens is 432 g/mol. The van der Waals surface area contributed by atoms with Crippen molar-refractivity contribution >= 4 is 29.4 Å². The number of nitrogens with zero attached hydrogens (tertiary/aromatic N) is 1. The van der Waals surface area contributed by atoms with Crippen molar-refractivity contribution in [3.63, 3.8) is 0 Å². The van der Waals surface area contributed by atoms with E-state index in [1.807, 2.05) is 58.0 Å². The Morgan fingerprint density at radius 3 is 2.26 bits per heavy atom. The summed E-state index contributed by atoms with van der Waals surface area (Å²) in [5, 5.41) is 17.6. The van der Waals surface area contributed by atoms with Gasteiger partial charge < -0.3 is 15.7 Å².